The SMILES string of the molecule is C=COC.CCCC(CC)CN1c2ccccc2NC1CN(CC)CC.CCCNc1ccccc1N.Cc1ccccc1.Cc1ccccc1. The van der Waals surface area contributed by atoms with Crippen molar-refractivity contribution in [3.8, 4) is 0 Å². The highest BCUT2D eigenvalue weighted by Gasteiger charge is 2.30. The van der Waals surface area contributed by atoms with Crippen molar-refractivity contribution in [2.75, 3.05) is 61.1 Å². The molecule has 280 valence electrons. The number of nitrogen functional groups attached to an aromatic ring is 1. The molecule has 6 heteroatoms. The van der Waals surface area contributed by atoms with Gasteiger partial charge in [0.2, 0.25) is 0 Å². The van der Waals surface area contributed by atoms with Crippen LogP contribution >= 0.6 is 0 Å². The number of methoxy groups -OCH3 is 1. The van der Waals surface area contributed by atoms with Crippen molar-refractivity contribution < 1.29 is 4.74 Å². The summed E-state index contributed by atoms with van der Waals surface area (Å²) in [7, 11) is 1.56. The lowest BCUT2D eigenvalue weighted by Crippen LogP contribution is -2.46. The van der Waals surface area contributed by atoms with E-state index < -0.39 is 0 Å². The normalized spacial score (nSPS) is 12.8. The largest absolute Gasteiger partial charge is 0.505 e. The molecule has 1 aliphatic rings. The topological polar surface area (TPSA) is 65.8 Å². The van der Waals surface area contributed by atoms with Crippen LogP contribution in [0, 0.1) is 19.8 Å². The first-order valence-electron chi connectivity index (χ1n) is 18.9. The molecule has 2 unspecified atom stereocenters. The molecule has 2 atom stereocenters. The van der Waals surface area contributed by atoms with Gasteiger partial charge in [-0.3, -0.25) is 4.90 Å². The first kappa shape index (κ1) is 44.6. The van der Waals surface area contributed by atoms with E-state index in [0.29, 0.717) is 6.17 Å². The van der Waals surface area contributed by atoms with Crippen molar-refractivity contribution in [3.05, 3.63) is 133 Å². The molecule has 0 spiro atoms. The van der Waals surface area contributed by atoms with Gasteiger partial charge in [-0.15, -0.1) is 0 Å². The van der Waals surface area contributed by atoms with Crippen LogP contribution in [0.4, 0.5) is 22.7 Å². The van der Waals surface area contributed by atoms with Crippen LogP contribution in [0.2, 0.25) is 0 Å². The Morgan fingerprint density at radius 2 is 1.33 bits per heavy atom. The molecule has 1 aliphatic heterocycles. The van der Waals surface area contributed by atoms with E-state index in [1.165, 1.54) is 54.6 Å². The Bertz CT molecular complexity index is 1360. The number of para-hydroxylation sites is 4. The van der Waals surface area contributed by atoms with Gasteiger partial charge in [-0.1, -0.05) is 150 Å². The highest BCUT2D eigenvalue weighted by atomic mass is 16.5. The number of rotatable bonds is 13. The lowest BCUT2D eigenvalue weighted by molar-refractivity contribution is 0.284. The molecule has 6 nitrogen and oxygen atoms in total. The molecule has 1 heterocycles. The highest BCUT2D eigenvalue weighted by Crippen LogP contribution is 2.35. The summed E-state index contributed by atoms with van der Waals surface area (Å²) < 4.78 is 4.31. The molecule has 51 heavy (non-hydrogen) atoms. The second kappa shape index (κ2) is 28.3. The van der Waals surface area contributed by atoms with Crippen LogP contribution in [0.3, 0.4) is 0 Å². The van der Waals surface area contributed by atoms with Gasteiger partial charge < -0.3 is 26.0 Å². The first-order chi connectivity index (χ1) is 24.8. The van der Waals surface area contributed by atoms with Crippen LogP contribution in [-0.4, -0.2) is 50.9 Å². The van der Waals surface area contributed by atoms with Crippen LogP contribution < -0.4 is 21.3 Å². The molecular weight excluding hydrogens is 627 g/mol. The van der Waals surface area contributed by atoms with Gasteiger partial charge in [0, 0.05) is 19.6 Å². The minimum Gasteiger partial charge on any atom is -0.505 e. The number of hydrogen-bond donors (Lipinski definition) is 3. The van der Waals surface area contributed by atoms with Gasteiger partial charge in [-0.25, -0.2) is 0 Å². The van der Waals surface area contributed by atoms with Gasteiger partial charge in [-0.05, 0) is 70.0 Å². The quantitative estimate of drug-likeness (QED) is 0.0956. The second-order valence-electron chi connectivity index (χ2n) is 12.6. The average molecular weight is 696 g/mol. The fourth-order valence-electron chi connectivity index (χ4n) is 5.46. The van der Waals surface area contributed by atoms with E-state index in [4.69, 9.17) is 5.73 Å². The number of aryl methyl sites for hydroxylation is 2. The number of nitrogens with zero attached hydrogens (tertiary/aromatic N) is 2. The lowest BCUT2D eigenvalue weighted by Gasteiger charge is -2.33. The minimum atomic E-state index is 0.406. The Balaban J connectivity index is 0.000000370. The van der Waals surface area contributed by atoms with Gasteiger partial charge in [0.05, 0.1) is 36.1 Å². The van der Waals surface area contributed by atoms with Crippen molar-refractivity contribution in [1.82, 2.24) is 4.90 Å². The number of anilines is 4. The van der Waals surface area contributed by atoms with Gasteiger partial charge in [0.15, 0.2) is 0 Å². The number of benzene rings is 4. The van der Waals surface area contributed by atoms with Crippen molar-refractivity contribution >= 4 is 22.7 Å². The zero-order valence-corrected chi connectivity index (χ0v) is 33.1. The number of ether oxygens (including phenoxy) is 1. The molecule has 0 fully saturated rings. The zero-order chi connectivity index (χ0) is 37.7. The Kier molecular flexibility index (Phi) is 24.7. The molecular formula is C45H69N5O. The smallest absolute Gasteiger partial charge is 0.112 e. The van der Waals surface area contributed by atoms with E-state index in [-0.39, 0.29) is 0 Å². The second-order valence-corrected chi connectivity index (χ2v) is 12.6. The van der Waals surface area contributed by atoms with Gasteiger partial charge in [-0.2, -0.15) is 0 Å². The standard InChI is InChI=1S/C19H33N3.C9H14N2.2C7H8.C3H6O/c1-5-11-16(6-2)14-22-18-13-10-9-12-17(18)20-19(22)15-21(7-3)8-4;1-2-7-11-9-6-4-3-5-8(9)10;2*1-7-5-3-2-4-6-7;1-3-4-2/h9-10,12-13,16,19-20H,5-8,11,14-15H2,1-4H3;3-6,11H,2,7,10H2,1H3;2*2-6H,1H3;3H,1H2,2H3. The van der Waals surface area contributed by atoms with Gasteiger partial charge in [0.1, 0.15) is 6.17 Å². The number of nitrogens with two attached hydrogens (primary N) is 1. The predicted octanol–water partition coefficient (Wildman–Crippen LogP) is 11.3. The highest BCUT2D eigenvalue weighted by molar-refractivity contribution is 5.76. The molecule has 0 amide bonds. The molecule has 5 rings (SSSR count). The summed E-state index contributed by atoms with van der Waals surface area (Å²) in [4.78, 5) is 5.12. The predicted molar refractivity (Wildman–Crippen MR) is 227 cm³/mol. The zero-order valence-electron chi connectivity index (χ0n) is 33.1. The van der Waals surface area contributed by atoms with Crippen LogP contribution in [-0.2, 0) is 4.74 Å². The van der Waals surface area contributed by atoms with Crippen molar-refractivity contribution in [3.63, 3.8) is 0 Å². The maximum atomic E-state index is 5.70. The Hall–Kier alpha value is -4.42. The van der Waals surface area contributed by atoms with Crippen molar-refractivity contribution in [2.45, 2.75) is 80.3 Å². The third kappa shape index (κ3) is 19.0. The monoisotopic (exact) mass is 696 g/mol. The number of nitrogens with one attached hydrogen (secondary N) is 2. The van der Waals surface area contributed by atoms with Crippen LogP contribution in [0.25, 0.3) is 0 Å². The molecule has 0 saturated carbocycles. The van der Waals surface area contributed by atoms with Gasteiger partial charge >= 0.3 is 0 Å². The number of likely N-dealkylation sites (N-methyl/N-ethyl adjacent to an activating group) is 1. The molecule has 0 radical (unpaired) electrons. The van der Waals surface area contributed by atoms with E-state index in [9.17, 15) is 0 Å². The Morgan fingerprint density at radius 3 is 1.78 bits per heavy atom. The summed E-state index contributed by atoms with van der Waals surface area (Å²) >= 11 is 0. The van der Waals surface area contributed by atoms with E-state index in [0.717, 1.165) is 49.9 Å². The Morgan fingerprint density at radius 1 is 0.804 bits per heavy atom. The van der Waals surface area contributed by atoms with E-state index in [1.54, 1.807) is 7.11 Å². The molecule has 0 aliphatic carbocycles. The average Bonchev–Trinajstić information content (AvgIpc) is 3.51. The third-order valence-corrected chi connectivity index (χ3v) is 8.54. The van der Waals surface area contributed by atoms with E-state index >= 15 is 0 Å². The molecule has 0 aromatic heterocycles. The fourth-order valence-corrected chi connectivity index (χ4v) is 5.46. The first-order valence-corrected chi connectivity index (χ1v) is 18.9. The van der Waals surface area contributed by atoms with Crippen molar-refractivity contribution in [2.24, 2.45) is 5.92 Å². The van der Waals surface area contributed by atoms with Crippen LogP contribution in [0.1, 0.15) is 71.4 Å². The maximum absolute atomic E-state index is 5.70. The molecule has 0 bridgehead atoms. The summed E-state index contributed by atoms with van der Waals surface area (Å²) in [5, 5.41) is 6.98. The summed E-state index contributed by atoms with van der Waals surface area (Å²) in [5.41, 5.74) is 12.9. The van der Waals surface area contributed by atoms with Crippen LogP contribution in [0.15, 0.2) is 122 Å². The summed E-state index contributed by atoms with van der Waals surface area (Å²) in [6.07, 6.45) is 6.77. The van der Waals surface area contributed by atoms with Crippen LogP contribution in [0.5, 0.6) is 0 Å². The third-order valence-electron chi connectivity index (χ3n) is 8.54. The van der Waals surface area contributed by atoms with Crippen molar-refractivity contribution in [1.29, 1.82) is 0 Å². The van der Waals surface area contributed by atoms with E-state index in [2.05, 4.69) is 129 Å². The Labute approximate surface area is 312 Å². The maximum Gasteiger partial charge on any atom is 0.112 e. The molecule has 4 aromatic rings. The molecule has 4 N–H and O–H groups in total. The summed E-state index contributed by atoms with van der Waals surface area (Å²) in [6.45, 7) is 24.2. The van der Waals surface area contributed by atoms with E-state index in [1.807, 2.05) is 60.7 Å². The fraction of sp³-hybridized carbons (Fsp3) is 0.422. The number of fused-ring (bicyclic) bond motifs is 1. The molecule has 4 aromatic carbocycles. The lowest BCUT2D eigenvalue weighted by atomic mass is 9.99. The molecule has 0 saturated heterocycles. The van der Waals surface area contributed by atoms with Gasteiger partial charge in [0.25, 0.3) is 0 Å². The number of hydrogen-bond acceptors (Lipinski definition) is 6. The summed E-state index contributed by atoms with van der Waals surface area (Å²) in [5.74, 6) is 0.789. The minimum absolute atomic E-state index is 0.406. The summed E-state index contributed by atoms with van der Waals surface area (Å²) in [6, 6.07) is 37.1.